The number of nitrogens with one attached hydrogen (secondary N) is 1. The molecular formula is C13H23N3S. The van der Waals surface area contributed by atoms with Crippen molar-refractivity contribution in [2.24, 2.45) is 0 Å². The molecule has 0 aliphatic rings. The van der Waals surface area contributed by atoms with Gasteiger partial charge in [-0.1, -0.05) is 20.4 Å². The molecule has 0 aliphatic carbocycles. The standard InChI is InChI=1S/C13H23N3S/c1-10(2)14-6-11(3)7-16(5)8-13-12(4)15-9-17-13/h9-10,14H,3,6-8H2,1-2,4-5H3. The minimum atomic E-state index is 0.515. The zero-order valence-electron chi connectivity index (χ0n) is 11.3. The fraction of sp³-hybridized carbons (Fsp3) is 0.615. The zero-order chi connectivity index (χ0) is 12.8. The molecule has 96 valence electrons. The SMILES string of the molecule is C=C(CNC(C)C)CN(C)Cc1scnc1C. The lowest BCUT2D eigenvalue weighted by Gasteiger charge is -2.18. The summed E-state index contributed by atoms with van der Waals surface area (Å²) in [5.41, 5.74) is 4.28. The van der Waals surface area contributed by atoms with Gasteiger partial charge in [0.2, 0.25) is 0 Å². The van der Waals surface area contributed by atoms with Crippen molar-refractivity contribution in [3.05, 3.63) is 28.2 Å². The van der Waals surface area contributed by atoms with E-state index in [0.29, 0.717) is 6.04 Å². The Bertz CT molecular complexity index is 357. The maximum absolute atomic E-state index is 4.27. The number of rotatable bonds is 7. The second-order valence-corrected chi connectivity index (χ2v) is 5.76. The van der Waals surface area contributed by atoms with Gasteiger partial charge in [0.05, 0.1) is 11.2 Å². The van der Waals surface area contributed by atoms with E-state index in [1.54, 1.807) is 11.3 Å². The van der Waals surface area contributed by atoms with Crippen LogP contribution in [0, 0.1) is 6.92 Å². The van der Waals surface area contributed by atoms with Crippen molar-refractivity contribution >= 4 is 11.3 Å². The molecule has 0 aliphatic heterocycles. The molecule has 1 heterocycles. The molecule has 1 rings (SSSR count). The van der Waals surface area contributed by atoms with Gasteiger partial charge in [0.15, 0.2) is 0 Å². The summed E-state index contributed by atoms with van der Waals surface area (Å²) in [5.74, 6) is 0. The predicted octanol–water partition coefficient (Wildman–Crippen LogP) is 2.44. The van der Waals surface area contributed by atoms with Gasteiger partial charge in [-0.15, -0.1) is 11.3 Å². The highest BCUT2D eigenvalue weighted by Crippen LogP contribution is 2.14. The first-order valence-electron chi connectivity index (χ1n) is 5.96. The van der Waals surface area contributed by atoms with Crippen LogP contribution < -0.4 is 5.32 Å². The van der Waals surface area contributed by atoms with Crippen LogP contribution in [0.4, 0.5) is 0 Å². The Balaban J connectivity index is 2.32. The zero-order valence-corrected chi connectivity index (χ0v) is 12.1. The molecule has 1 N–H and O–H groups in total. The van der Waals surface area contributed by atoms with Gasteiger partial charge in [0, 0.05) is 30.6 Å². The van der Waals surface area contributed by atoms with Crippen LogP contribution in [0.25, 0.3) is 0 Å². The van der Waals surface area contributed by atoms with Crippen molar-refractivity contribution in [3.63, 3.8) is 0 Å². The maximum Gasteiger partial charge on any atom is 0.0798 e. The largest absolute Gasteiger partial charge is 0.311 e. The maximum atomic E-state index is 4.27. The van der Waals surface area contributed by atoms with Crippen LogP contribution >= 0.6 is 11.3 Å². The average molecular weight is 253 g/mol. The number of nitrogens with zero attached hydrogens (tertiary/aromatic N) is 2. The van der Waals surface area contributed by atoms with Crippen LogP contribution in [0.1, 0.15) is 24.4 Å². The summed E-state index contributed by atoms with van der Waals surface area (Å²) in [6, 6.07) is 0.515. The second kappa shape index (κ2) is 6.89. The summed E-state index contributed by atoms with van der Waals surface area (Å²) in [5, 5.41) is 3.38. The van der Waals surface area contributed by atoms with Gasteiger partial charge in [-0.25, -0.2) is 4.98 Å². The lowest BCUT2D eigenvalue weighted by molar-refractivity contribution is 0.353. The van der Waals surface area contributed by atoms with E-state index < -0.39 is 0 Å². The number of likely N-dealkylation sites (N-methyl/N-ethyl adjacent to an activating group) is 1. The molecule has 4 heteroatoms. The number of hydrogen-bond donors (Lipinski definition) is 1. The first-order chi connectivity index (χ1) is 7.99. The van der Waals surface area contributed by atoms with E-state index in [0.717, 1.165) is 25.3 Å². The van der Waals surface area contributed by atoms with Crippen molar-refractivity contribution in [3.8, 4) is 0 Å². The van der Waals surface area contributed by atoms with E-state index in [9.17, 15) is 0 Å². The summed E-state index contributed by atoms with van der Waals surface area (Å²) in [6.45, 7) is 13.2. The molecule has 3 nitrogen and oxygen atoms in total. The molecule has 0 saturated heterocycles. The van der Waals surface area contributed by atoms with Gasteiger partial charge < -0.3 is 5.32 Å². The fourth-order valence-corrected chi connectivity index (χ4v) is 2.42. The van der Waals surface area contributed by atoms with Crippen LogP contribution in [-0.4, -0.2) is 36.1 Å². The Labute approximate surface area is 109 Å². The van der Waals surface area contributed by atoms with Crippen molar-refractivity contribution in [1.29, 1.82) is 0 Å². The molecular weight excluding hydrogens is 230 g/mol. The minimum Gasteiger partial charge on any atom is -0.311 e. The summed E-state index contributed by atoms with van der Waals surface area (Å²) < 4.78 is 0. The highest BCUT2D eigenvalue weighted by atomic mass is 32.1. The molecule has 0 unspecified atom stereocenters. The van der Waals surface area contributed by atoms with Gasteiger partial charge >= 0.3 is 0 Å². The predicted molar refractivity (Wildman–Crippen MR) is 75.5 cm³/mol. The quantitative estimate of drug-likeness (QED) is 0.757. The topological polar surface area (TPSA) is 28.2 Å². The third-order valence-corrected chi connectivity index (χ3v) is 3.43. The van der Waals surface area contributed by atoms with Gasteiger partial charge in [-0.2, -0.15) is 0 Å². The summed E-state index contributed by atoms with van der Waals surface area (Å²) in [4.78, 5) is 7.89. The summed E-state index contributed by atoms with van der Waals surface area (Å²) >= 11 is 1.73. The lowest BCUT2D eigenvalue weighted by atomic mass is 10.2. The fourth-order valence-electron chi connectivity index (χ4n) is 1.57. The van der Waals surface area contributed by atoms with E-state index in [4.69, 9.17) is 0 Å². The van der Waals surface area contributed by atoms with Crippen LogP contribution in [0.2, 0.25) is 0 Å². The van der Waals surface area contributed by atoms with Crippen LogP contribution in [0.5, 0.6) is 0 Å². The first kappa shape index (κ1) is 14.4. The van der Waals surface area contributed by atoms with Crippen molar-refractivity contribution in [2.75, 3.05) is 20.1 Å². The molecule has 0 fully saturated rings. The lowest BCUT2D eigenvalue weighted by Crippen LogP contribution is -2.29. The van der Waals surface area contributed by atoms with Gasteiger partial charge in [0.1, 0.15) is 0 Å². The van der Waals surface area contributed by atoms with Crippen LogP contribution in [-0.2, 0) is 6.54 Å². The van der Waals surface area contributed by atoms with E-state index in [1.165, 1.54) is 10.5 Å². The Morgan fingerprint density at radius 1 is 1.59 bits per heavy atom. The van der Waals surface area contributed by atoms with Gasteiger partial charge in [0.25, 0.3) is 0 Å². The number of hydrogen-bond acceptors (Lipinski definition) is 4. The molecule has 1 aromatic rings. The molecule has 1 aromatic heterocycles. The van der Waals surface area contributed by atoms with Crippen LogP contribution in [0.3, 0.4) is 0 Å². The van der Waals surface area contributed by atoms with Crippen molar-refractivity contribution in [2.45, 2.75) is 33.4 Å². The Morgan fingerprint density at radius 3 is 2.82 bits per heavy atom. The smallest absolute Gasteiger partial charge is 0.0798 e. The van der Waals surface area contributed by atoms with E-state index in [1.807, 2.05) is 5.51 Å². The molecule has 0 atom stereocenters. The third-order valence-electron chi connectivity index (χ3n) is 2.51. The molecule has 17 heavy (non-hydrogen) atoms. The van der Waals surface area contributed by atoms with Crippen LogP contribution in [0.15, 0.2) is 17.7 Å². The van der Waals surface area contributed by atoms with E-state index in [2.05, 4.69) is 49.6 Å². The molecule has 0 aromatic carbocycles. The van der Waals surface area contributed by atoms with Crippen molar-refractivity contribution < 1.29 is 0 Å². The number of aromatic nitrogens is 1. The van der Waals surface area contributed by atoms with Gasteiger partial charge in [-0.05, 0) is 19.5 Å². The van der Waals surface area contributed by atoms with Crippen molar-refractivity contribution in [1.82, 2.24) is 15.2 Å². The molecule has 0 saturated carbocycles. The average Bonchev–Trinajstić information content (AvgIpc) is 2.61. The summed E-state index contributed by atoms with van der Waals surface area (Å²) in [6.07, 6.45) is 0. The highest BCUT2D eigenvalue weighted by molar-refractivity contribution is 7.09. The summed E-state index contributed by atoms with van der Waals surface area (Å²) in [7, 11) is 2.12. The van der Waals surface area contributed by atoms with E-state index in [-0.39, 0.29) is 0 Å². The molecule has 0 spiro atoms. The number of aryl methyl sites for hydroxylation is 1. The van der Waals surface area contributed by atoms with Gasteiger partial charge in [-0.3, -0.25) is 4.90 Å². The second-order valence-electron chi connectivity index (χ2n) is 4.82. The highest BCUT2D eigenvalue weighted by Gasteiger charge is 2.07. The third kappa shape index (κ3) is 5.44. The molecule has 0 radical (unpaired) electrons. The minimum absolute atomic E-state index is 0.515. The Hall–Kier alpha value is -0.710. The monoisotopic (exact) mass is 253 g/mol. The molecule has 0 amide bonds. The van der Waals surface area contributed by atoms with E-state index >= 15 is 0 Å². The molecule has 0 bridgehead atoms. The Morgan fingerprint density at radius 2 is 2.29 bits per heavy atom. The normalized spacial score (nSPS) is 11.4. The number of thiazole rings is 1. The Kier molecular flexibility index (Phi) is 5.82. The first-order valence-corrected chi connectivity index (χ1v) is 6.84.